The molecular formula is C17H18FNO2. The minimum atomic E-state index is -0.235. The second kappa shape index (κ2) is 5.74. The van der Waals surface area contributed by atoms with Gasteiger partial charge in [0.05, 0.1) is 0 Å². The van der Waals surface area contributed by atoms with Gasteiger partial charge in [-0.2, -0.15) is 0 Å². The molecule has 2 aromatic rings. The van der Waals surface area contributed by atoms with E-state index in [0.717, 1.165) is 22.6 Å². The molecule has 0 aromatic heterocycles. The molecule has 4 heteroatoms. The number of para-hydroxylation sites is 1. The number of fused-ring (bicyclic) bond motifs is 1. The third kappa shape index (κ3) is 3.00. The lowest BCUT2D eigenvalue weighted by Crippen LogP contribution is -2.23. The molecule has 2 atom stereocenters. The van der Waals surface area contributed by atoms with E-state index in [-0.39, 0.29) is 18.0 Å². The topological polar surface area (TPSA) is 44.5 Å². The Labute approximate surface area is 123 Å². The van der Waals surface area contributed by atoms with E-state index in [2.05, 4.69) is 0 Å². The van der Waals surface area contributed by atoms with Gasteiger partial charge in [0.15, 0.2) is 0 Å². The number of benzene rings is 2. The van der Waals surface area contributed by atoms with Gasteiger partial charge in [-0.05, 0) is 31.2 Å². The summed E-state index contributed by atoms with van der Waals surface area (Å²) in [6.07, 6.45) is 0.566. The summed E-state index contributed by atoms with van der Waals surface area (Å²) in [7, 11) is 0. The number of halogens is 1. The molecule has 1 aliphatic rings. The average Bonchev–Trinajstić information content (AvgIpc) is 2.87. The van der Waals surface area contributed by atoms with Gasteiger partial charge in [-0.3, -0.25) is 0 Å². The average molecular weight is 287 g/mol. The molecule has 0 aliphatic carbocycles. The summed E-state index contributed by atoms with van der Waals surface area (Å²) in [5, 5.41) is 0. The van der Waals surface area contributed by atoms with Crippen LogP contribution in [0, 0.1) is 5.82 Å². The van der Waals surface area contributed by atoms with E-state index in [9.17, 15) is 4.39 Å². The highest BCUT2D eigenvalue weighted by Crippen LogP contribution is 2.30. The van der Waals surface area contributed by atoms with Crippen LogP contribution in [0.4, 0.5) is 4.39 Å². The monoisotopic (exact) mass is 287 g/mol. The lowest BCUT2D eigenvalue weighted by molar-refractivity contribution is 0.147. The van der Waals surface area contributed by atoms with Gasteiger partial charge in [0.25, 0.3) is 0 Å². The second-order valence-corrected chi connectivity index (χ2v) is 5.33. The summed E-state index contributed by atoms with van der Waals surface area (Å²) in [6.45, 7) is 2.34. The zero-order valence-electron chi connectivity index (χ0n) is 11.9. The van der Waals surface area contributed by atoms with Gasteiger partial charge in [0.1, 0.15) is 30.0 Å². The molecule has 21 heavy (non-hydrogen) atoms. The van der Waals surface area contributed by atoms with Crippen LogP contribution in [0.5, 0.6) is 11.5 Å². The summed E-state index contributed by atoms with van der Waals surface area (Å²) in [5.74, 6) is 1.28. The molecule has 0 fully saturated rings. The van der Waals surface area contributed by atoms with Crippen molar-refractivity contribution in [3.05, 3.63) is 59.4 Å². The molecule has 0 saturated heterocycles. The third-order valence-electron chi connectivity index (χ3n) is 3.60. The molecule has 110 valence electrons. The van der Waals surface area contributed by atoms with Crippen LogP contribution < -0.4 is 15.2 Å². The van der Waals surface area contributed by atoms with E-state index in [4.69, 9.17) is 15.2 Å². The van der Waals surface area contributed by atoms with Gasteiger partial charge in [-0.25, -0.2) is 4.39 Å². The summed E-state index contributed by atoms with van der Waals surface area (Å²) in [6, 6.07) is 12.2. The van der Waals surface area contributed by atoms with Crippen molar-refractivity contribution < 1.29 is 13.9 Å². The largest absolute Gasteiger partial charge is 0.489 e. The quantitative estimate of drug-likeness (QED) is 0.939. The number of hydrogen-bond donors (Lipinski definition) is 1. The van der Waals surface area contributed by atoms with Gasteiger partial charge in [0.2, 0.25) is 0 Å². The molecule has 2 N–H and O–H groups in total. The molecule has 1 unspecified atom stereocenters. The maximum Gasteiger partial charge on any atom is 0.137 e. The molecule has 0 bridgehead atoms. The van der Waals surface area contributed by atoms with Crippen molar-refractivity contribution >= 4 is 0 Å². The fourth-order valence-corrected chi connectivity index (χ4v) is 2.55. The van der Waals surface area contributed by atoms with Gasteiger partial charge < -0.3 is 15.2 Å². The molecule has 0 spiro atoms. The first-order valence-corrected chi connectivity index (χ1v) is 7.06. The second-order valence-electron chi connectivity index (χ2n) is 5.33. The molecule has 1 heterocycles. The smallest absolute Gasteiger partial charge is 0.137 e. The molecule has 3 rings (SSSR count). The van der Waals surface area contributed by atoms with E-state index in [1.807, 2.05) is 31.2 Å². The van der Waals surface area contributed by atoms with Crippen molar-refractivity contribution in [3.63, 3.8) is 0 Å². The van der Waals surface area contributed by atoms with Crippen molar-refractivity contribution in [1.82, 2.24) is 0 Å². The van der Waals surface area contributed by atoms with Crippen molar-refractivity contribution in [2.24, 2.45) is 5.73 Å². The third-order valence-corrected chi connectivity index (χ3v) is 3.60. The van der Waals surface area contributed by atoms with Crippen molar-refractivity contribution in [1.29, 1.82) is 0 Å². The first kappa shape index (κ1) is 13.9. The van der Waals surface area contributed by atoms with Crippen LogP contribution in [0.2, 0.25) is 0 Å². The van der Waals surface area contributed by atoms with Crippen LogP contribution in [0.3, 0.4) is 0 Å². The van der Waals surface area contributed by atoms with Gasteiger partial charge >= 0.3 is 0 Å². The first-order chi connectivity index (χ1) is 10.1. The molecule has 0 saturated carbocycles. The molecule has 2 aromatic carbocycles. The summed E-state index contributed by atoms with van der Waals surface area (Å²) in [5.41, 5.74) is 7.79. The van der Waals surface area contributed by atoms with Crippen molar-refractivity contribution in [2.45, 2.75) is 25.5 Å². The van der Waals surface area contributed by atoms with Crippen LogP contribution in [0.1, 0.15) is 24.1 Å². The number of nitrogens with two attached hydrogens (primary N) is 1. The summed E-state index contributed by atoms with van der Waals surface area (Å²) >= 11 is 0. The predicted molar refractivity (Wildman–Crippen MR) is 79.1 cm³/mol. The molecule has 0 radical (unpaired) electrons. The highest BCUT2D eigenvalue weighted by molar-refractivity contribution is 5.38. The van der Waals surface area contributed by atoms with Crippen LogP contribution in [-0.2, 0) is 6.42 Å². The standard InChI is InChI=1S/C17H18FNO2/c1-11(19)15-4-2-3-5-17(15)20-10-14-9-12-8-13(18)6-7-16(12)21-14/h2-8,11,14H,9-10,19H2,1H3/t11-,14?/m0/s1. The predicted octanol–water partition coefficient (Wildman–Crippen LogP) is 3.23. The van der Waals surface area contributed by atoms with Gasteiger partial charge in [0, 0.05) is 23.6 Å². The SMILES string of the molecule is C[C@H](N)c1ccccc1OCC1Cc2cc(F)ccc2O1. The van der Waals surface area contributed by atoms with Crippen LogP contribution in [-0.4, -0.2) is 12.7 Å². The van der Waals surface area contributed by atoms with Crippen molar-refractivity contribution in [2.75, 3.05) is 6.61 Å². The molecular weight excluding hydrogens is 269 g/mol. The normalized spacial score (nSPS) is 18.0. The number of hydrogen-bond acceptors (Lipinski definition) is 3. The number of rotatable bonds is 4. The maximum atomic E-state index is 13.2. The zero-order chi connectivity index (χ0) is 14.8. The van der Waals surface area contributed by atoms with E-state index in [1.54, 1.807) is 6.07 Å². The van der Waals surface area contributed by atoms with Crippen LogP contribution >= 0.6 is 0 Å². The highest BCUT2D eigenvalue weighted by Gasteiger charge is 2.24. The van der Waals surface area contributed by atoms with Crippen molar-refractivity contribution in [3.8, 4) is 11.5 Å². The van der Waals surface area contributed by atoms with Crippen LogP contribution in [0.15, 0.2) is 42.5 Å². The summed E-state index contributed by atoms with van der Waals surface area (Å²) < 4.78 is 24.8. The Kier molecular flexibility index (Phi) is 3.80. The van der Waals surface area contributed by atoms with E-state index in [0.29, 0.717) is 13.0 Å². The Morgan fingerprint density at radius 1 is 1.33 bits per heavy atom. The van der Waals surface area contributed by atoms with E-state index in [1.165, 1.54) is 12.1 Å². The fourth-order valence-electron chi connectivity index (χ4n) is 2.55. The number of ether oxygens (including phenoxy) is 2. The Balaban J connectivity index is 1.65. The van der Waals surface area contributed by atoms with E-state index < -0.39 is 0 Å². The Morgan fingerprint density at radius 3 is 2.95 bits per heavy atom. The summed E-state index contributed by atoms with van der Waals surface area (Å²) in [4.78, 5) is 0. The zero-order valence-corrected chi connectivity index (χ0v) is 11.9. The Bertz CT molecular complexity index is 642. The lowest BCUT2D eigenvalue weighted by atomic mass is 10.1. The van der Waals surface area contributed by atoms with Crippen LogP contribution in [0.25, 0.3) is 0 Å². The van der Waals surface area contributed by atoms with Gasteiger partial charge in [-0.1, -0.05) is 18.2 Å². The fraction of sp³-hybridized carbons (Fsp3) is 0.294. The lowest BCUT2D eigenvalue weighted by Gasteiger charge is -2.16. The maximum absolute atomic E-state index is 13.2. The minimum absolute atomic E-state index is 0.0861. The first-order valence-electron chi connectivity index (χ1n) is 7.06. The molecule has 3 nitrogen and oxygen atoms in total. The Hall–Kier alpha value is -2.07. The molecule has 0 amide bonds. The van der Waals surface area contributed by atoms with Gasteiger partial charge in [-0.15, -0.1) is 0 Å². The van der Waals surface area contributed by atoms with E-state index >= 15 is 0 Å². The highest BCUT2D eigenvalue weighted by atomic mass is 19.1. The Morgan fingerprint density at radius 2 is 2.14 bits per heavy atom. The molecule has 1 aliphatic heterocycles. The minimum Gasteiger partial charge on any atom is -0.489 e.